The van der Waals surface area contributed by atoms with Crippen LogP contribution in [0.2, 0.25) is 0 Å². The van der Waals surface area contributed by atoms with Gasteiger partial charge in [-0.1, -0.05) is 13.8 Å². The summed E-state index contributed by atoms with van der Waals surface area (Å²) in [6.07, 6.45) is 3.58. The Hall–Kier alpha value is -1.29. The van der Waals surface area contributed by atoms with E-state index in [2.05, 4.69) is 24.1 Å². The normalized spacial score (nSPS) is 11.3. The van der Waals surface area contributed by atoms with Gasteiger partial charge in [-0.15, -0.1) is 0 Å². The first-order valence-corrected chi connectivity index (χ1v) is 6.05. The molecule has 0 unspecified atom stereocenters. The molecular formula is C13H22N2O2. The summed E-state index contributed by atoms with van der Waals surface area (Å²) in [4.78, 5) is 4.13. The third-order valence-corrected chi connectivity index (χ3v) is 3.45. The van der Waals surface area contributed by atoms with Crippen molar-refractivity contribution in [1.82, 2.24) is 4.98 Å². The molecule has 1 heterocycles. The predicted octanol–water partition coefficient (Wildman–Crippen LogP) is 2.30. The van der Waals surface area contributed by atoms with Gasteiger partial charge in [0.15, 0.2) is 0 Å². The van der Waals surface area contributed by atoms with E-state index in [0.29, 0.717) is 5.88 Å². The number of hydrogen-bond acceptors (Lipinski definition) is 4. The quantitative estimate of drug-likeness (QED) is 0.765. The van der Waals surface area contributed by atoms with Crippen molar-refractivity contribution in [3.63, 3.8) is 0 Å². The summed E-state index contributed by atoms with van der Waals surface area (Å²) in [7, 11) is 1.60. The van der Waals surface area contributed by atoms with Crippen LogP contribution in [-0.2, 0) is 0 Å². The van der Waals surface area contributed by atoms with Gasteiger partial charge in [0.05, 0.1) is 19.4 Å². The van der Waals surface area contributed by atoms with Gasteiger partial charge in [0, 0.05) is 18.2 Å². The predicted molar refractivity (Wildman–Crippen MR) is 69.4 cm³/mol. The molecule has 0 aromatic carbocycles. The molecule has 0 fully saturated rings. The fraction of sp³-hybridized carbons (Fsp3) is 0.615. The summed E-state index contributed by atoms with van der Waals surface area (Å²) in [5.41, 5.74) is 0.802. The first-order chi connectivity index (χ1) is 8.21. The number of pyridine rings is 1. The molecule has 0 aliphatic heterocycles. The van der Waals surface area contributed by atoms with Gasteiger partial charge in [-0.2, -0.15) is 0 Å². The molecule has 0 bridgehead atoms. The topological polar surface area (TPSA) is 54.4 Å². The van der Waals surface area contributed by atoms with Gasteiger partial charge in [-0.3, -0.25) is 0 Å². The molecule has 96 valence electrons. The van der Waals surface area contributed by atoms with E-state index in [1.54, 1.807) is 13.3 Å². The molecule has 4 nitrogen and oxygen atoms in total. The molecule has 1 aromatic rings. The Morgan fingerprint density at radius 1 is 1.41 bits per heavy atom. The van der Waals surface area contributed by atoms with Crippen molar-refractivity contribution in [2.24, 2.45) is 5.41 Å². The lowest BCUT2D eigenvalue weighted by Gasteiger charge is -2.30. The molecule has 0 atom stereocenters. The van der Waals surface area contributed by atoms with Crippen LogP contribution >= 0.6 is 0 Å². The van der Waals surface area contributed by atoms with Crippen molar-refractivity contribution >= 4 is 5.69 Å². The van der Waals surface area contributed by atoms with Crippen molar-refractivity contribution in [3.8, 4) is 5.88 Å². The van der Waals surface area contributed by atoms with Crippen LogP contribution in [0.15, 0.2) is 18.3 Å². The highest BCUT2D eigenvalue weighted by molar-refractivity contribution is 5.52. The van der Waals surface area contributed by atoms with Gasteiger partial charge in [-0.05, 0) is 25.0 Å². The summed E-state index contributed by atoms with van der Waals surface area (Å²) in [5.74, 6) is 0.589. The van der Waals surface area contributed by atoms with Crippen molar-refractivity contribution in [2.75, 3.05) is 25.6 Å². The number of aliphatic hydroxyl groups is 1. The van der Waals surface area contributed by atoms with Gasteiger partial charge >= 0.3 is 0 Å². The Labute approximate surface area is 103 Å². The van der Waals surface area contributed by atoms with Crippen molar-refractivity contribution in [3.05, 3.63) is 18.3 Å². The highest BCUT2D eigenvalue weighted by Crippen LogP contribution is 2.28. The third-order valence-electron chi connectivity index (χ3n) is 3.45. The third kappa shape index (κ3) is 3.33. The second-order valence-corrected chi connectivity index (χ2v) is 4.28. The molecule has 0 aliphatic carbocycles. The number of anilines is 1. The van der Waals surface area contributed by atoms with Gasteiger partial charge in [0.2, 0.25) is 5.88 Å². The lowest BCUT2D eigenvalue weighted by molar-refractivity contribution is 0.127. The molecule has 1 rings (SSSR count). The number of rotatable bonds is 7. The summed E-state index contributed by atoms with van der Waals surface area (Å²) in [5, 5.41) is 12.8. The molecule has 2 N–H and O–H groups in total. The van der Waals surface area contributed by atoms with E-state index in [9.17, 15) is 5.11 Å². The second-order valence-electron chi connectivity index (χ2n) is 4.28. The Balaban J connectivity index is 2.71. The molecule has 0 saturated carbocycles. The first-order valence-electron chi connectivity index (χ1n) is 6.05. The van der Waals surface area contributed by atoms with Crippen LogP contribution < -0.4 is 10.1 Å². The fourth-order valence-electron chi connectivity index (χ4n) is 1.75. The summed E-state index contributed by atoms with van der Waals surface area (Å²) >= 11 is 0. The minimum atomic E-state index is -0.0686. The molecule has 0 saturated heterocycles. The van der Waals surface area contributed by atoms with Crippen LogP contribution in [0.3, 0.4) is 0 Å². The molecule has 0 radical (unpaired) electrons. The van der Waals surface area contributed by atoms with Crippen LogP contribution in [-0.4, -0.2) is 30.4 Å². The SMILES string of the molecule is CCC(CC)(CO)CNc1cccnc1OC. The Morgan fingerprint density at radius 3 is 2.65 bits per heavy atom. The van der Waals surface area contributed by atoms with Crippen LogP contribution in [0.5, 0.6) is 5.88 Å². The number of aliphatic hydroxyl groups excluding tert-OH is 1. The summed E-state index contributed by atoms with van der Waals surface area (Å²) in [6.45, 7) is 5.11. The standard InChI is InChI=1S/C13H22N2O2/c1-4-13(5-2,10-16)9-15-11-7-6-8-14-12(11)17-3/h6-8,15-16H,4-5,9-10H2,1-3H3. The van der Waals surface area contributed by atoms with E-state index in [4.69, 9.17) is 4.74 Å². The molecule has 0 spiro atoms. The fourth-order valence-corrected chi connectivity index (χ4v) is 1.75. The average Bonchev–Trinajstić information content (AvgIpc) is 2.41. The number of nitrogens with one attached hydrogen (secondary N) is 1. The zero-order chi connectivity index (χ0) is 12.7. The summed E-state index contributed by atoms with van der Waals surface area (Å²) in [6, 6.07) is 3.79. The summed E-state index contributed by atoms with van der Waals surface area (Å²) < 4.78 is 5.18. The second kappa shape index (κ2) is 6.45. The van der Waals surface area contributed by atoms with Crippen molar-refractivity contribution < 1.29 is 9.84 Å². The van der Waals surface area contributed by atoms with E-state index in [-0.39, 0.29) is 12.0 Å². The number of methoxy groups -OCH3 is 1. The Bertz CT molecular complexity index is 330. The van der Waals surface area contributed by atoms with Gasteiger partial charge in [-0.25, -0.2) is 4.98 Å². The average molecular weight is 238 g/mol. The Kier molecular flexibility index (Phi) is 5.22. The number of aromatic nitrogens is 1. The maximum Gasteiger partial charge on any atom is 0.237 e. The van der Waals surface area contributed by atoms with Gasteiger partial charge < -0.3 is 15.2 Å². The van der Waals surface area contributed by atoms with Crippen molar-refractivity contribution in [2.45, 2.75) is 26.7 Å². The highest BCUT2D eigenvalue weighted by Gasteiger charge is 2.25. The molecule has 1 aromatic heterocycles. The molecule has 0 aliphatic rings. The van der Waals surface area contributed by atoms with Crippen LogP contribution in [0, 0.1) is 5.41 Å². The minimum absolute atomic E-state index is 0.0686. The lowest BCUT2D eigenvalue weighted by Crippen LogP contribution is -2.32. The van der Waals surface area contributed by atoms with E-state index in [1.807, 2.05) is 12.1 Å². The minimum Gasteiger partial charge on any atom is -0.480 e. The Morgan fingerprint density at radius 2 is 2.12 bits per heavy atom. The van der Waals surface area contributed by atoms with Crippen LogP contribution in [0.25, 0.3) is 0 Å². The molecule has 17 heavy (non-hydrogen) atoms. The maximum atomic E-state index is 9.49. The maximum absolute atomic E-state index is 9.49. The number of nitrogens with zero attached hydrogens (tertiary/aromatic N) is 1. The first kappa shape index (κ1) is 13.8. The highest BCUT2D eigenvalue weighted by atomic mass is 16.5. The molecule has 0 amide bonds. The van der Waals surface area contributed by atoms with Gasteiger partial charge in [0.1, 0.15) is 0 Å². The zero-order valence-electron chi connectivity index (χ0n) is 10.9. The van der Waals surface area contributed by atoms with E-state index in [0.717, 1.165) is 25.1 Å². The number of hydrogen-bond donors (Lipinski definition) is 2. The smallest absolute Gasteiger partial charge is 0.237 e. The van der Waals surface area contributed by atoms with Crippen LogP contribution in [0.1, 0.15) is 26.7 Å². The monoisotopic (exact) mass is 238 g/mol. The van der Waals surface area contributed by atoms with Crippen LogP contribution in [0.4, 0.5) is 5.69 Å². The van der Waals surface area contributed by atoms with Crippen molar-refractivity contribution in [1.29, 1.82) is 0 Å². The lowest BCUT2D eigenvalue weighted by atomic mass is 9.83. The largest absolute Gasteiger partial charge is 0.480 e. The van der Waals surface area contributed by atoms with E-state index in [1.165, 1.54) is 0 Å². The van der Waals surface area contributed by atoms with E-state index >= 15 is 0 Å². The zero-order valence-corrected chi connectivity index (χ0v) is 10.9. The molecule has 4 heteroatoms. The van der Waals surface area contributed by atoms with E-state index < -0.39 is 0 Å². The van der Waals surface area contributed by atoms with Gasteiger partial charge in [0.25, 0.3) is 0 Å². The molecular weight excluding hydrogens is 216 g/mol. The number of ether oxygens (including phenoxy) is 1.